The van der Waals surface area contributed by atoms with Crippen LogP contribution in [0, 0.1) is 0 Å². The summed E-state index contributed by atoms with van der Waals surface area (Å²) in [7, 11) is 0. The highest BCUT2D eigenvalue weighted by Crippen LogP contribution is 2.51. The number of benzene rings is 2. The third kappa shape index (κ3) is 3.12. The number of fused-ring (bicyclic) bond motifs is 3. The fourth-order valence-electron chi connectivity index (χ4n) is 3.55. The van der Waals surface area contributed by atoms with Crippen LogP contribution in [0.2, 0.25) is 5.02 Å². The SMILES string of the molecule is Clc1ccc([C@H]2Oc3c(Br)cc(Br)cc3[C@@H]3CC(c4cccs4)=NN23)cc1. The predicted octanol–water partition coefficient (Wildman–Crippen LogP) is 7.17. The summed E-state index contributed by atoms with van der Waals surface area (Å²) in [5.41, 5.74) is 3.26. The van der Waals surface area contributed by atoms with Crippen LogP contribution in [0.4, 0.5) is 0 Å². The van der Waals surface area contributed by atoms with E-state index in [1.54, 1.807) is 11.3 Å². The maximum Gasteiger partial charge on any atom is 0.213 e. The molecule has 7 heteroatoms. The van der Waals surface area contributed by atoms with Gasteiger partial charge in [0.1, 0.15) is 5.75 Å². The number of halogens is 3. The third-order valence-electron chi connectivity index (χ3n) is 4.77. The van der Waals surface area contributed by atoms with Crippen LogP contribution >= 0.6 is 54.8 Å². The molecule has 0 radical (unpaired) electrons. The van der Waals surface area contributed by atoms with Crippen molar-refractivity contribution < 1.29 is 4.74 Å². The minimum Gasteiger partial charge on any atom is -0.463 e. The van der Waals surface area contributed by atoms with E-state index in [4.69, 9.17) is 21.4 Å². The van der Waals surface area contributed by atoms with Gasteiger partial charge in [-0.05, 0) is 51.6 Å². The van der Waals surface area contributed by atoms with Crippen molar-refractivity contribution in [1.29, 1.82) is 0 Å². The summed E-state index contributed by atoms with van der Waals surface area (Å²) in [5.74, 6) is 0.877. The van der Waals surface area contributed by atoms with Crippen LogP contribution in [0.15, 0.2) is 68.0 Å². The highest BCUT2D eigenvalue weighted by Gasteiger charge is 2.42. The Balaban J connectivity index is 1.64. The monoisotopic (exact) mass is 522 g/mol. The molecule has 0 N–H and O–H groups in total. The molecule has 2 aliphatic heterocycles. The molecule has 0 amide bonds. The zero-order valence-electron chi connectivity index (χ0n) is 13.9. The van der Waals surface area contributed by atoms with Crippen molar-refractivity contribution in [3.8, 4) is 5.75 Å². The molecule has 2 aliphatic rings. The Morgan fingerprint density at radius 2 is 1.96 bits per heavy atom. The van der Waals surface area contributed by atoms with Gasteiger partial charge in [0, 0.05) is 27.0 Å². The Labute approximate surface area is 182 Å². The first-order valence-electron chi connectivity index (χ1n) is 8.41. The van der Waals surface area contributed by atoms with Crippen molar-refractivity contribution in [3.63, 3.8) is 0 Å². The van der Waals surface area contributed by atoms with Crippen molar-refractivity contribution in [2.24, 2.45) is 5.10 Å². The van der Waals surface area contributed by atoms with Gasteiger partial charge in [-0.25, -0.2) is 5.01 Å². The molecule has 0 saturated heterocycles. The highest BCUT2D eigenvalue weighted by atomic mass is 79.9. The Morgan fingerprint density at radius 1 is 1.15 bits per heavy atom. The minimum atomic E-state index is -0.297. The first kappa shape index (κ1) is 17.7. The van der Waals surface area contributed by atoms with Crippen LogP contribution < -0.4 is 4.74 Å². The molecular weight excluding hydrogens is 512 g/mol. The van der Waals surface area contributed by atoms with Crippen molar-refractivity contribution >= 4 is 60.5 Å². The summed E-state index contributed by atoms with van der Waals surface area (Å²) in [6, 6.07) is 16.2. The van der Waals surface area contributed by atoms with Gasteiger partial charge in [0.15, 0.2) is 0 Å². The molecule has 3 nitrogen and oxygen atoms in total. The molecule has 0 aliphatic carbocycles. The summed E-state index contributed by atoms with van der Waals surface area (Å²) in [5, 5.41) is 9.84. The van der Waals surface area contributed by atoms with Crippen molar-refractivity contribution in [2.75, 3.05) is 0 Å². The van der Waals surface area contributed by atoms with E-state index in [2.05, 4.69) is 60.4 Å². The second-order valence-electron chi connectivity index (χ2n) is 6.45. The van der Waals surface area contributed by atoms with E-state index in [-0.39, 0.29) is 12.3 Å². The molecule has 0 spiro atoms. The van der Waals surface area contributed by atoms with Gasteiger partial charge in [-0.2, -0.15) is 5.10 Å². The molecule has 5 rings (SSSR count). The van der Waals surface area contributed by atoms with E-state index < -0.39 is 0 Å². The molecule has 136 valence electrons. The Hall–Kier alpha value is -1.34. The van der Waals surface area contributed by atoms with E-state index in [9.17, 15) is 0 Å². The van der Waals surface area contributed by atoms with Gasteiger partial charge < -0.3 is 4.74 Å². The van der Waals surface area contributed by atoms with Crippen LogP contribution in [-0.2, 0) is 0 Å². The summed E-state index contributed by atoms with van der Waals surface area (Å²) < 4.78 is 8.39. The normalized spacial score (nSPS) is 20.7. The first-order chi connectivity index (χ1) is 13.1. The number of ether oxygens (including phenoxy) is 1. The lowest BCUT2D eigenvalue weighted by Crippen LogP contribution is -2.33. The van der Waals surface area contributed by atoms with E-state index in [1.165, 1.54) is 4.88 Å². The molecule has 3 aromatic rings. The number of thiophene rings is 1. The van der Waals surface area contributed by atoms with Gasteiger partial charge in [0.25, 0.3) is 0 Å². The Kier molecular flexibility index (Phi) is 4.55. The molecule has 0 bridgehead atoms. The van der Waals surface area contributed by atoms with Crippen LogP contribution in [0.25, 0.3) is 0 Å². The summed E-state index contributed by atoms with van der Waals surface area (Å²) in [6.07, 6.45) is 0.554. The highest BCUT2D eigenvalue weighted by molar-refractivity contribution is 9.11. The Morgan fingerprint density at radius 3 is 2.70 bits per heavy atom. The zero-order chi connectivity index (χ0) is 18.5. The molecule has 3 heterocycles. The summed E-state index contributed by atoms with van der Waals surface area (Å²) in [4.78, 5) is 1.20. The van der Waals surface area contributed by atoms with Crippen LogP contribution in [0.3, 0.4) is 0 Å². The number of hydrogen-bond acceptors (Lipinski definition) is 4. The lowest BCUT2D eigenvalue weighted by molar-refractivity contribution is -0.0197. The molecule has 2 aromatic carbocycles. The zero-order valence-corrected chi connectivity index (χ0v) is 18.6. The smallest absolute Gasteiger partial charge is 0.213 e. The van der Waals surface area contributed by atoms with Gasteiger partial charge in [-0.15, -0.1) is 11.3 Å². The average molecular weight is 525 g/mol. The van der Waals surface area contributed by atoms with Gasteiger partial charge in [0.2, 0.25) is 6.23 Å². The molecule has 0 fully saturated rings. The third-order valence-corrected chi connectivity index (χ3v) is 6.99. The predicted molar refractivity (Wildman–Crippen MR) is 117 cm³/mol. The van der Waals surface area contributed by atoms with E-state index in [0.29, 0.717) is 5.02 Å². The van der Waals surface area contributed by atoms with Crippen molar-refractivity contribution in [1.82, 2.24) is 5.01 Å². The first-order valence-corrected chi connectivity index (χ1v) is 11.3. The molecule has 0 saturated carbocycles. The van der Waals surface area contributed by atoms with Crippen LogP contribution in [0.1, 0.15) is 34.7 Å². The molecule has 1 aromatic heterocycles. The average Bonchev–Trinajstić information content (AvgIpc) is 3.32. The maximum atomic E-state index is 6.43. The molecule has 27 heavy (non-hydrogen) atoms. The van der Waals surface area contributed by atoms with Gasteiger partial charge in [-0.3, -0.25) is 0 Å². The van der Waals surface area contributed by atoms with Gasteiger partial charge >= 0.3 is 0 Å². The van der Waals surface area contributed by atoms with Gasteiger partial charge in [-0.1, -0.05) is 45.7 Å². The molecule has 2 atom stereocenters. The van der Waals surface area contributed by atoms with Gasteiger partial charge in [0.05, 0.1) is 21.1 Å². The topological polar surface area (TPSA) is 24.8 Å². The summed E-state index contributed by atoms with van der Waals surface area (Å²) in [6.45, 7) is 0. The second-order valence-corrected chi connectivity index (χ2v) is 9.61. The standard InChI is InChI=1S/C20H13Br2ClN2OS/c21-12-8-14-17-10-16(18-2-1-7-27-18)24-25(17)20(26-19(14)15(22)9-12)11-3-5-13(23)6-4-11/h1-9,17,20H,10H2/t17-,20+/m0/s1. The molecular formula is C20H13Br2ClN2OS. The lowest BCUT2D eigenvalue weighted by atomic mass is 9.97. The maximum absolute atomic E-state index is 6.43. The van der Waals surface area contributed by atoms with E-state index in [0.717, 1.165) is 38.0 Å². The molecule has 0 unspecified atom stereocenters. The van der Waals surface area contributed by atoms with E-state index in [1.807, 2.05) is 30.3 Å². The van der Waals surface area contributed by atoms with E-state index >= 15 is 0 Å². The number of nitrogens with zero attached hydrogens (tertiary/aromatic N) is 2. The largest absolute Gasteiger partial charge is 0.463 e. The van der Waals surface area contributed by atoms with Crippen LogP contribution in [0.5, 0.6) is 5.75 Å². The number of hydrazone groups is 1. The Bertz CT molecular complexity index is 1040. The number of hydrogen-bond donors (Lipinski definition) is 0. The number of rotatable bonds is 2. The second kappa shape index (κ2) is 6.92. The lowest BCUT2D eigenvalue weighted by Gasteiger charge is -2.38. The fourth-order valence-corrected chi connectivity index (χ4v) is 5.75. The minimum absolute atomic E-state index is 0.125. The van der Waals surface area contributed by atoms with Crippen molar-refractivity contribution in [2.45, 2.75) is 18.7 Å². The van der Waals surface area contributed by atoms with Crippen LogP contribution in [-0.4, -0.2) is 10.7 Å². The fraction of sp³-hybridized carbons (Fsp3) is 0.150. The van der Waals surface area contributed by atoms with Crippen molar-refractivity contribution in [3.05, 3.63) is 83.9 Å². The quantitative estimate of drug-likeness (QED) is 0.355. The summed E-state index contributed by atoms with van der Waals surface area (Å²) >= 11 is 15.1.